The van der Waals surface area contributed by atoms with Crippen LogP contribution in [0.4, 0.5) is 0 Å². The Morgan fingerprint density at radius 3 is 2.52 bits per heavy atom. The van der Waals surface area contributed by atoms with E-state index in [1.807, 2.05) is 34.7 Å². The maximum Gasteiger partial charge on any atom is 0.379 e. The lowest BCUT2D eigenvalue weighted by Crippen LogP contribution is -2.24. The van der Waals surface area contributed by atoms with E-state index in [0.717, 1.165) is 4.47 Å². The van der Waals surface area contributed by atoms with Gasteiger partial charge in [-0.25, -0.2) is 10.2 Å². The van der Waals surface area contributed by atoms with Gasteiger partial charge in [0.2, 0.25) is 5.76 Å². The molecule has 0 saturated heterocycles. The van der Waals surface area contributed by atoms with E-state index in [0.29, 0.717) is 29.6 Å². The zero-order valence-corrected chi connectivity index (χ0v) is 22.3. The number of hydrogen-bond donors (Lipinski definition) is 1. The number of hydrogen-bond acceptors (Lipinski definition) is 6. The number of halogens is 4. The average Bonchev–Trinajstić information content (AvgIpc) is 3.24. The van der Waals surface area contributed by atoms with Crippen LogP contribution in [0.25, 0.3) is 0 Å². The van der Waals surface area contributed by atoms with Crippen molar-refractivity contribution in [2.24, 2.45) is 5.10 Å². The molecule has 0 aliphatic heterocycles. The first kappa shape index (κ1) is 24.0. The van der Waals surface area contributed by atoms with Crippen molar-refractivity contribution in [1.82, 2.24) is 5.43 Å². The summed E-state index contributed by atoms with van der Waals surface area (Å²) >= 11 is 12.2. The van der Waals surface area contributed by atoms with E-state index in [4.69, 9.17) is 13.9 Å². The Hall–Kier alpha value is -1.70. The molecule has 0 unspecified atom stereocenters. The van der Waals surface area contributed by atoms with Gasteiger partial charge >= 0.3 is 5.97 Å². The molecule has 0 aliphatic carbocycles. The lowest BCUT2D eigenvalue weighted by molar-refractivity contribution is -0.123. The van der Waals surface area contributed by atoms with Crippen LogP contribution < -0.4 is 14.9 Å². The van der Waals surface area contributed by atoms with E-state index in [-0.39, 0.29) is 12.4 Å². The molecule has 1 N–H and O–H groups in total. The van der Waals surface area contributed by atoms with Crippen LogP contribution in [0, 0.1) is 3.57 Å². The summed E-state index contributed by atoms with van der Waals surface area (Å²) in [6.07, 6.45) is 2.88. The normalized spacial score (nSPS) is 10.8. The maximum absolute atomic E-state index is 12.0. The van der Waals surface area contributed by atoms with Crippen LogP contribution in [-0.4, -0.2) is 24.7 Å². The van der Waals surface area contributed by atoms with Crippen molar-refractivity contribution in [2.45, 2.75) is 0 Å². The van der Waals surface area contributed by atoms with E-state index < -0.39 is 11.9 Å². The quantitative estimate of drug-likeness (QED) is 0.107. The average molecular weight is 727 g/mol. The van der Waals surface area contributed by atoms with E-state index in [1.165, 1.54) is 18.5 Å². The molecule has 1 aromatic heterocycles. The fourth-order valence-corrected chi connectivity index (χ4v) is 5.38. The Morgan fingerprint density at radius 2 is 1.87 bits per heavy atom. The van der Waals surface area contributed by atoms with Gasteiger partial charge in [-0.2, -0.15) is 5.10 Å². The lowest BCUT2D eigenvalue weighted by atomic mass is 10.2. The molecule has 0 bridgehead atoms. The van der Waals surface area contributed by atoms with Crippen LogP contribution in [0.2, 0.25) is 0 Å². The maximum atomic E-state index is 12.0. The molecule has 0 atom stereocenters. The highest BCUT2D eigenvalue weighted by atomic mass is 127. The number of furan rings is 1. The molecule has 0 spiro atoms. The molecule has 7 nitrogen and oxygen atoms in total. The molecule has 31 heavy (non-hydrogen) atoms. The van der Waals surface area contributed by atoms with Crippen molar-refractivity contribution in [3.8, 4) is 11.5 Å². The molecule has 3 rings (SSSR count). The van der Waals surface area contributed by atoms with Gasteiger partial charge in [0.15, 0.2) is 6.61 Å². The van der Waals surface area contributed by atoms with Gasteiger partial charge in [-0.05, 0) is 102 Å². The van der Waals surface area contributed by atoms with Crippen molar-refractivity contribution >= 4 is 88.5 Å². The predicted molar refractivity (Wildman–Crippen MR) is 134 cm³/mol. The summed E-state index contributed by atoms with van der Waals surface area (Å²) in [4.78, 5) is 24.0. The van der Waals surface area contributed by atoms with Crippen molar-refractivity contribution in [3.63, 3.8) is 0 Å². The van der Waals surface area contributed by atoms with Crippen molar-refractivity contribution < 1.29 is 23.5 Å². The van der Waals surface area contributed by atoms with E-state index in [1.54, 1.807) is 24.3 Å². The second-order valence-corrected chi connectivity index (χ2v) is 9.62. The number of amides is 1. The molecule has 0 saturated carbocycles. The highest BCUT2D eigenvalue weighted by Crippen LogP contribution is 2.36. The van der Waals surface area contributed by atoms with E-state index in [2.05, 4.69) is 58.3 Å². The molecule has 1 amide bonds. The molecule has 0 fully saturated rings. The summed E-state index contributed by atoms with van der Waals surface area (Å²) < 4.78 is 18.8. The summed E-state index contributed by atoms with van der Waals surface area (Å²) in [7, 11) is 0. The smallest absolute Gasteiger partial charge is 0.379 e. The summed E-state index contributed by atoms with van der Waals surface area (Å²) in [5.74, 6) is 0.0182. The van der Waals surface area contributed by atoms with Crippen LogP contribution in [0.3, 0.4) is 0 Å². The molecule has 1 heterocycles. The third-order valence-electron chi connectivity index (χ3n) is 3.59. The fourth-order valence-electron chi connectivity index (χ4n) is 2.24. The number of nitrogens with one attached hydrogen (secondary N) is 1. The summed E-state index contributed by atoms with van der Waals surface area (Å²) in [5, 5.41) is 3.92. The Labute approximate surface area is 216 Å². The Morgan fingerprint density at radius 1 is 1.13 bits per heavy atom. The number of carbonyl (C=O) groups is 2. The molecule has 11 heteroatoms. The Balaban J connectivity index is 1.53. The molecular formula is C20H12Br3IN2O5. The minimum absolute atomic E-state index is 0.119. The van der Waals surface area contributed by atoms with Gasteiger partial charge in [-0.1, -0.05) is 15.9 Å². The van der Waals surface area contributed by atoms with Crippen LogP contribution in [0.15, 0.2) is 71.7 Å². The zero-order valence-electron chi connectivity index (χ0n) is 15.4. The second-order valence-electron chi connectivity index (χ2n) is 5.84. The van der Waals surface area contributed by atoms with Gasteiger partial charge in [0.05, 0.1) is 25.0 Å². The van der Waals surface area contributed by atoms with Gasteiger partial charge in [0.25, 0.3) is 5.91 Å². The SMILES string of the molecule is O=C(COc1c(Br)cc(Br)cc1Br)NN=Cc1ccc(OC(=O)c2ccco2)c(I)c1. The van der Waals surface area contributed by atoms with Crippen molar-refractivity contribution in [2.75, 3.05) is 6.61 Å². The minimum Gasteiger partial charge on any atom is -0.481 e. The first-order valence-corrected chi connectivity index (χ1v) is 11.9. The molecular weight excluding hydrogens is 715 g/mol. The predicted octanol–water partition coefficient (Wildman–Crippen LogP) is 5.92. The lowest BCUT2D eigenvalue weighted by Gasteiger charge is -2.10. The summed E-state index contributed by atoms with van der Waals surface area (Å²) in [6, 6.07) is 11.9. The first-order valence-electron chi connectivity index (χ1n) is 8.48. The van der Waals surface area contributed by atoms with Crippen molar-refractivity contribution in [1.29, 1.82) is 0 Å². The van der Waals surface area contributed by atoms with Gasteiger partial charge in [0, 0.05) is 4.47 Å². The van der Waals surface area contributed by atoms with Gasteiger partial charge in [0.1, 0.15) is 11.5 Å². The summed E-state index contributed by atoms with van der Waals surface area (Å²) in [6.45, 7) is -0.213. The fraction of sp³-hybridized carbons (Fsp3) is 0.0500. The third kappa shape index (κ3) is 6.89. The van der Waals surface area contributed by atoms with Crippen LogP contribution in [-0.2, 0) is 4.79 Å². The first-order chi connectivity index (χ1) is 14.8. The second kappa shape index (κ2) is 11.2. The molecule has 0 aliphatic rings. The third-order valence-corrected chi connectivity index (χ3v) is 6.07. The van der Waals surface area contributed by atoms with Gasteiger partial charge in [-0.15, -0.1) is 0 Å². The van der Waals surface area contributed by atoms with Crippen LogP contribution in [0.1, 0.15) is 16.1 Å². The van der Waals surface area contributed by atoms with Crippen molar-refractivity contribution in [3.05, 3.63) is 77.0 Å². The summed E-state index contributed by atoms with van der Waals surface area (Å²) in [5.41, 5.74) is 3.11. The molecule has 2 aromatic carbocycles. The van der Waals surface area contributed by atoms with E-state index >= 15 is 0 Å². The number of benzene rings is 2. The number of hydrazone groups is 1. The van der Waals surface area contributed by atoms with Gasteiger partial charge in [-0.3, -0.25) is 4.79 Å². The number of ether oxygens (including phenoxy) is 2. The highest BCUT2D eigenvalue weighted by Gasteiger charge is 2.13. The standard InChI is InChI=1S/C20H12Br3IN2O5/c21-12-7-13(22)19(14(23)8-12)30-10-18(27)26-25-9-11-3-4-16(15(24)6-11)31-20(28)17-2-1-5-29-17/h1-9H,10H2,(H,26,27). The van der Waals surface area contributed by atoms with Crippen LogP contribution in [0.5, 0.6) is 11.5 Å². The highest BCUT2D eigenvalue weighted by molar-refractivity contribution is 14.1. The zero-order chi connectivity index (χ0) is 22.4. The Kier molecular flexibility index (Phi) is 8.69. The molecule has 160 valence electrons. The number of carbonyl (C=O) groups excluding carboxylic acids is 2. The topological polar surface area (TPSA) is 90.1 Å². The minimum atomic E-state index is -0.583. The van der Waals surface area contributed by atoms with Crippen LogP contribution >= 0.6 is 70.4 Å². The Bertz CT molecular complexity index is 1110. The molecule has 0 radical (unpaired) electrons. The molecule has 3 aromatic rings. The van der Waals surface area contributed by atoms with E-state index in [9.17, 15) is 9.59 Å². The number of rotatable bonds is 7. The monoisotopic (exact) mass is 724 g/mol. The number of esters is 1. The van der Waals surface area contributed by atoms with Gasteiger partial charge < -0.3 is 13.9 Å². The number of nitrogens with zero attached hydrogens (tertiary/aromatic N) is 1. The largest absolute Gasteiger partial charge is 0.481 e.